The van der Waals surface area contributed by atoms with E-state index in [0.717, 1.165) is 18.7 Å². The molecule has 0 amide bonds. The Kier molecular flexibility index (Phi) is 4.62. The molecule has 0 fully saturated rings. The van der Waals surface area contributed by atoms with Crippen LogP contribution >= 0.6 is 23.2 Å². The second-order valence-corrected chi connectivity index (χ2v) is 3.92. The van der Waals surface area contributed by atoms with Gasteiger partial charge in [0.1, 0.15) is 5.15 Å². The summed E-state index contributed by atoms with van der Waals surface area (Å²) in [5, 5.41) is 1.06. The summed E-state index contributed by atoms with van der Waals surface area (Å²) in [6.45, 7) is 2.20. The van der Waals surface area contributed by atoms with E-state index in [1.165, 1.54) is 0 Å². The van der Waals surface area contributed by atoms with Crippen LogP contribution in [0, 0.1) is 0 Å². The molecule has 0 saturated heterocycles. The zero-order chi connectivity index (χ0) is 10.6. The minimum atomic E-state index is 0.417. The maximum atomic E-state index is 5.99. The number of aromatic nitrogens is 1. The van der Waals surface area contributed by atoms with Crippen LogP contribution in [0.5, 0.6) is 0 Å². The molecule has 0 unspecified atom stereocenters. The molecule has 0 aliphatic heterocycles. The van der Waals surface area contributed by atoms with E-state index in [0.29, 0.717) is 16.7 Å². The van der Waals surface area contributed by atoms with Crippen LogP contribution in [-0.2, 0) is 6.54 Å². The third-order valence-corrected chi connectivity index (χ3v) is 2.41. The van der Waals surface area contributed by atoms with E-state index >= 15 is 0 Å². The fraction of sp³-hybridized carbons (Fsp3) is 0.444. The van der Waals surface area contributed by atoms with Crippen LogP contribution in [-0.4, -0.2) is 30.0 Å². The highest BCUT2D eigenvalue weighted by atomic mass is 35.5. The summed E-state index contributed by atoms with van der Waals surface area (Å²) in [5.41, 5.74) is 6.40. The van der Waals surface area contributed by atoms with Gasteiger partial charge >= 0.3 is 0 Å². The van der Waals surface area contributed by atoms with Crippen LogP contribution in [0.1, 0.15) is 5.56 Å². The number of likely N-dealkylation sites (N-methyl/N-ethyl adjacent to an activating group) is 1. The largest absolute Gasteiger partial charge is 0.329 e. The zero-order valence-corrected chi connectivity index (χ0v) is 9.52. The van der Waals surface area contributed by atoms with Gasteiger partial charge in [0, 0.05) is 36.4 Å². The third kappa shape index (κ3) is 3.42. The topological polar surface area (TPSA) is 42.1 Å². The number of nitrogens with two attached hydrogens (primary N) is 1. The molecule has 0 atom stereocenters. The number of pyridine rings is 1. The van der Waals surface area contributed by atoms with Crippen molar-refractivity contribution in [2.75, 3.05) is 20.1 Å². The summed E-state index contributed by atoms with van der Waals surface area (Å²) in [6, 6.07) is 1.65. The van der Waals surface area contributed by atoms with E-state index in [4.69, 9.17) is 28.9 Å². The Morgan fingerprint density at radius 2 is 2.21 bits per heavy atom. The normalized spacial score (nSPS) is 10.9. The molecule has 0 aliphatic rings. The highest BCUT2D eigenvalue weighted by Crippen LogP contribution is 2.19. The molecule has 0 saturated carbocycles. The lowest BCUT2D eigenvalue weighted by molar-refractivity contribution is 0.336. The van der Waals surface area contributed by atoms with Gasteiger partial charge in [0.15, 0.2) is 0 Å². The molecule has 78 valence electrons. The molecule has 0 aliphatic carbocycles. The summed E-state index contributed by atoms with van der Waals surface area (Å²) in [7, 11) is 1.98. The van der Waals surface area contributed by atoms with Crippen molar-refractivity contribution in [2.24, 2.45) is 5.73 Å². The molecule has 14 heavy (non-hydrogen) atoms. The molecular weight excluding hydrogens is 221 g/mol. The molecule has 0 bridgehead atoms. The molecule has 1 aromatic heterocycles. The van der Waals surface area contributed by atoms with Crippen molar-refractivity contribution in [1.82, 2.24) is 9.88 Å². The van der Waals surface area contributed by atoms with Crippen LogP contribution in [0.4, 0.5) is 0 Å². The second-order valence-electron chi connectivity index (χ2n) is 3.12. The molecule has 0 spiro atoms. The smallest absolute Gasteiger partial charge is 0.130 e. The SMILES string of the molecule is CN(CCN)Cc1cnc(Cl)cc1Cl. The average molecular weight is 234 g/mol. The minimum absolute atomic E-state index is 0.417. The van der Waals surface area contributed by atoms with E-state index in [2.05, 4.69) is 9.88 Å². The predicted molar refractivity (Wildman–Crippen MR) is 59.6 cm³/mol. The van der Waals surface area contributed by atoms with Gasteiger partial charge in [0.25, 0.3) is 0 Å². The van der Waals surface area contributed by atoms with Gasteiger partial charge in [-0.2, -0.15) is 0 Å². The number of hydrogen-bond donors (Lipinski definition) is 1. The Labute approximate surface area is 93.8 Å². The summed E-state index contributed by atoms with van der Waals surface area (Å²) < 4.78 is 0. The molecule has 1 aromatic rings. The molecule has 1 rings (SSSR count). The summed E-state index contributed by atoms with van der Waals surface area (Å²) >= 11 is 11.7. The number of hydrogen-bond acceptors (Lipinski definition) is 3. The van der Waals surface area contributed by atoms with Crippen molar-refractivity contribution >= 4 is 23.2 Å². The maximum Gasteiger partial charge on any atom is 0.130 e. The molecule has 1 heterocycles. The standard InChI is InChI=1S/C9H13Cl2N3/c1-14(3-2-12)6-7-5-13-9(11)4-8(7)10/h4-5H,2-3,6,12H2,1H3. The highest BCUT2D eigenvalue weighted by molar-refractivity contribution is 6.34. The van der Waals surface area contributed by atoms with Gasteiger partial charge < -0.3 is 10.6 Å². The van der Waals surface area contributed by atoms with E-state index in [9.17, 15) is 0 Å². The van der Waals surface area contributed by atoms with E-state index < -0.39 is 0 Å². The van der Waals surface area contributed by atoms with Crippen LogP contribution in [0.3, 0.4) is 0 Å². The van der Waals surface area contributed by atoms with Crippen LogP contribution in [0.15, 0.2) is 12.3 Å². The van der Waals surface area contributed by atoms with Gasteiger partial charge in [-0.25, -0.2) is 4.98 Å². The summed E-state index contributed by atoms with van der Waals surface area (Å²) in [5.74, 6) is 0. The zero-order valence-electron chi connectivity index (χ0n) is 8.00. The van der Waals surface area contributed by atoms with Gasteiger partial charge in [-0.05, 0) is 13.1 Å². The van der Waals surface area contributed by atoms with E-state index in [-0.39, 0.29) is 0 Å². The van der Waals surface area contributed by atoms with Crippen LogP contribution in [0.2, 0.25) is 10.2 Å². The molecule has 3 nitrogen and oxygen atoms in total. The van der Waals surface area contributed by atoms with Gasteiger partial charge in [-0.15, -0.1) is 0 Å². The average Bonchev–Trinajstić information content (AvgIpc) is 2.10. The quantitative estimate of drug-likeness (QED) is 0.807. The Hall–Kier alpha value is -0.350. The fourth-order valence-corrected chi connectivity index (χ4v) is 1.57. The fourth-order valence-electron chi connectivity index (χ4n) is 1.14. The highest BCUT2D eigenvalue weighted by Gasteiger charge is 2.04. The van der Waals surface area contributed by atoms with Crippen molar-refractivity contribution in [2.45, 2.75) is 6.54 Å². The first-order valence-electron chi connectivity index (χ1n) is 4.32. The first kappa shape index (κ1) is 11.7. The molecule has 0 radical (unpaired) electrons. The maximum absolute atomic E-state index is 5.99. The monoisotopic (exact) mass is 233 g/mol. The first-order valence-corrected chi connectivity index (χ1v) is 5.07. The Morgan fingerprint density at radius 1 is 1.50 bits per heavy atom. The molecule has 2 N–H and O–H groups in total. The van der Waals surface area contributed by atoms with E-state index in [1.807, 2.05) is 7.05 Å². The van der Waals surface area contributed by atoms with Gasteiger partial charge in [-0.1, -0.05) is 23.2 Å². The van der Waals surface area contributed by atoms with Crippen molar-refractivity contribution < 1.29 is 0 Å². The molecule has 5 heteroatoms. The van der Waals surface area contributed by atoms with Crippen molar-refractivity contribution in [3.63, 3.8) is 0 Å². The van der Waals surface area contributed by atoms with Crippen molar-refractivity contribution in [3.8, 4) is 0 Å². The van der Waals surface area contributed by atoms with E-state index in [1.54, 1.807) is 12.3 Å². The second kappa shape index (κ2) is 5.51. The lowest BCUT2D eigenvalue weighted by Crippen LogP contribution is -2.25. The first-order chi connectivity index (χ1) is 6.63. The van der Waals surface area contributed by atoms with Gasteiger partial charge in [0.2, 0.25) is 0 Å². The Bertz CT molecular complexity index is 304. The Morgan fingerprint density at radius 3 is 2.79 bits per heavy atom. The number of nitrogens with zero attached hydrogens (tertiary/aromatic N) is 2. The van der Waals surface area contributed by atoms with Gasteiger partial charge in [0.05, 0.1) is 0 Å². The predicted octanol–water partition coefficient (Wildman–Crippen LogP) is 1.78. The number of halogens is 2. The van der Waals surface area contributed by atoms with Crippen molar-refractivity contribution in [1.29, 1.82) is 0 Å². The minimum Gasteiger partial charge on any atom is -0.329 e. The molecular formula is C9H13Cl2N3. The summed E-state index contributed by atoms with van der Waals surface area (Å²) in [6.07, 6.45) is 1.69. The van der Waals surface area contributed by atoms with Gasteiger partial charge in [-0.3, -0.25) is 0 Å². The lowest BCUT2D eigenvalue weighted by atomic mass is 10.2. The summed E-state index contributed by atoms with van der Waals surface area (Å²) in [4.78, 5) is 6.06. The Balaban J connectivity index is 2.67. The van der Waals surface area contributed by atoms with Crippen LogP contribution < -0.4 is 5.73 Å². The lowest BCUT2D eigenvalue weighted by Gasteiger charge is -2.15. The van der Waals surface area contributed by atoms with Crippen molar-refractivity contribution in [3.05, 3.63) is 28.0 Å². The molecule has 0 aromatic carbocycles. The third-order valence-electron chi connectivity index (χ3n) is 1.85. The number of rotatable bonds is 4. The van der Waals surface area contributed by atoms with Crippen LogP contribution in [0.25, 0.3) is 0 Å².